The Bertz CT molecular complexity index is 960. The fraction of sp³-hybridized carbons (Fsp3) is 0. The van der Waals surface area contributed by atoms with Crippen molar-refractivity contribution in [1.29, 1.82) is 0 Å². The predicted octanol–water partition coefficient (Wildman–Crippen LogP) is 4.90. The lowest BCUT2D eigenvalue weighted by Crippen LogP contribution is -2.19. The number of rotatable bonds is 5. The molecule has 0 aliphatic rings. The zero-order valence-corrected chi connectivity index (χ0v) is 15.0. The summed E-state index contributed by atoms with van der Waals surface area (Å²) in [4.78, 5) is 16.6. The minimum Gasteiger partial charge on any atom is -0.340 e. The van der Waals surface area contributed by atoms with Gasteiger partial charge in [-0.2, -0.15) is 5.10 Å². The molecule has 2 N–H and O–H groups in total. The van der Waals surface area contributed by atoms with Crippen LogP contribution >= 0.6 is 23.2 Å². The van der Waals surface area contributed by atoms with Gasteiger partial charge in [-0.05, 0) is 48.0 Å². The molecule has 0 fully saturated rings. The van der Waals surface area contributed by atoms with Gasteiger partial charge < -0.3 is 5.32 Å². The van der Waals surface area contributed by atoms with Crippen molar-refractivity contribution in [2.45, 2.75) is 0 Å². The second-order valence-corrected chi connectivity index (χ2v) is 6.16. The Morgan fingerprint density at radius 1 is 1.00 bits per heavy atom. The van der Waals surface area contributed by atoms with Crippen molar-refractivity contribution in [3.05, 3.63) is 88.0 Å². The minimum absolute atomic E-state index is 0.357. The van der Waals surface area contributed by atoms with Crippen LogP contribution in [-0.4, -0.2) is 17.1 Å². The van der Waals surface area contributed by atoms with Crippen LogP contribution in [0, 0.1) is 0 Å². The largest absolute Gasteiger partial charge is 0.340 e. The van der Waals surface area contributed by atoms with E-state index in [4.69, 9.17) is 23.2 Å². The molecule has 0 aliphatic heterocycles. The maximum atomic E-state index is 12.4. The molecule has 1 heterocycles. The summed E-state index contributed by atoms with van der Waals surface area (Å²) in [5.74, 6) is 0.0196. The molecular weight excluding hydrogens is 371 g/mol. The molecule has 26 heavy (non-hydrogen) atoms. The van der Waals surface area contributed by atoms with Crippen LogP contribution in [0.5, 0.6) is 0 Å². The van der Waals surface area contributed by atoms with Crippen molar-refractivity contribution in [3.8, 4) is 0 Å². The van der Waals surface area contributed by atoms with Gasteiger partial charge in [-0.25, -0.2) is 10.4 Å². The van der Waals surface area contributed by atoms with Gasteiger partial charge in [0.25, 0.3) is 5.91 Å². The quantitative estimate of drug-likeness (QED) is 0.485. The van der Waals surface area contributed by atoms with Crippen molar-refractivity contribution < 1.29 is 4.79 Å². The molecule has 2 aromatic carbocycles. The summed E-state index contributed by atoms with van der Waals surface area (Å²) >= 11 is 11.9. The molecule has 0 unspecified atom stereocenters. The summed E-state index contributed by atoms with van der Waals surface area (Å²) in [5, 5.41) is 8.23. The summed E-state index contributed by atoms with van der Waals surface area (Å²) in [5.41, 5.74) is 4.35. The van der Waals surface area contributed by atoms with E-state index in [1.54, 1.807) is 48.7 Å². The average Bonchev–Trinajstić information content (AvgIpc) is 2.62. The number of carbonyl (C=O) groups is 1. The van der Waals surface area contributed by atoms with Gasteiger partial charge in [0.1, 0.15) is 5.82 Å². The first kappa shape index (κ1) is 17.9. The minimum atomic E-state index is -0.388. The Morgan fingerprint density at radius 2 is 1.77 bits per heavy atom. The lowest BCUT2D eigenvalue weighted by atomic mass is 10.2. The molecule has 0 spiro atoms. The molecule has 0 saturated carbocycles. The van der Waals surface area contributed by atoms with Crippen LogP contribution in [0.1, 0.15) is 15.9 Å². The highest BCUT2D eigenvalue weighted by atomic mass is 35.5. The first-order valence-electron chi connectivity index (χ1n) is 7.68. The normalized spacial score (nSPS) is 10.7. The molecule has 1 amide bonds. The smallest absolute Gasteiger partial charge is 0.275 e. The number of benzene rings is 2. The van der Waals surface area contributed by atoms with E-state index in [-0.39, 0.29) is 5.91 Å². The zero-order chi connectivity index (χ0) is 18.4. The lowest BCUT2D eigenvalue weighted by molar-refractivity contribution is 0.0955. The Hall–Kier alpha value is -2.89. The number of aromatic nitrogens is 1. The fourth-order valence-electron chi connectivity index (χ4n) is 2.20. The van der Waals surface area contributed by atoms with Gasteiger partial charge in [0.05, 0.1) is 11.8 Å². The lowest BCUT2D eigenvalue weighted by Gasteiger charge is -2.10. The van der Waals surface area contributed by atoms with Gasteiger partial charge >= 0.3 is 0 Å². The number of anilines is 2. The average molecular weight is 385 g/mol. The fourth-order valence-corrected chi connectivity index (χ4v) is 2.59. The number of hydrogen-bond acceptors (Lipinski definition) is 4. The van der Waals surface area contributed by atoms with Gasteiger partial charge in [-0.1, -0.05) is 41.4 Å². The van der Waals surface area contributed by atoms with Crippen molar-refractivity contribution in [2.24, 2.45) is 5.10 Å². The number of amides is 1. The third kappa shape index (κ3) is 4.81. The maximum Gasteiger partial charge on any atom is 0.275 e. The van der Waals surface area contributed by atoms with E-state index < -0.39 is 0 Å². The van der Waals surface area contributed by atoms with Crippen molar-refractivity contribution in [3.63, 3.8) is 0 Å². The Balaban J connectivity index is 1.73. The summed E-state index contributed by atoms with van der Waals surface area (Å²) < 4.78 is 0. The first-order valence-corrected chi connectivity index (χ1v) is 8.44. The number of hydrazone groups is 1. The molecule has 3 rings (SSSR count). The number of nitrogens with one attached hydrogen (secondary N) is 2. The van der Waals surface area contributed by atoms with Crippen LogP contribution in [-0.2, 0) is 0 Å². The molecular formula is C19H14Cl2N4O. The molecule has 3 aromatic rings. The topological polar surface area (TPSA) is 66.4 Å². The highest BCUT2D eigenvalue weighted by molar-refractivity contribution is 6.31. The maximum absolute atomic E-state index is 12.4. The Morgan fingerprint density at radius 3 is 2.54 bits per heavy atom. The van der Waals surface area contributed by atoms with E-state index in [1.807, 2.05) is 18.2 Å². The van der Waals surface area contributed by atoms with Gasteiger partial charge in [-0.3, -0.25) is 4.79 Å². The SMILES string of the molecule is O=C(N/N=C/c1cccc(Cl)c1)c1cccnc1Nc1cccc(Cl)c1. The van der Waals surface area contributed by atoms with Crippen molar-refractivity contribution in [1.82, 2.24) is 10.4 Å². The molecule has 1 aromatic heterocycles. The van der Waals surface area contributed by atoms with E-state index >= 15 is 0 Å². The van der Waals surface area contributed by atoms with E-state index in [2.05, 4.69) is 20.8 Å². The van der Waals surface area contributed by atoms with Crippen molar-refractivity contribution in [2.75, 3.05) is 5.32 Å². The predicted molar refractivity (Wildman–Crippen MR) is 105 cm³/mol. The first-order chi connectivity index (χ1) is 12.6. The second kappa shape index (κ2) is 8.47. The molecule has 7 heteroatoms. The third-order valence-electron chi connectivity index (χ3n) is 3.37. The Kier molecular flexibility index (Phi) is 5.84. The molecule has 130 valence electrons. The van der Waals surface area contributed by atoms with Gasteiger partial charge in [0.15, 0.2) is 0 Å². The summed E-state index contributed by atoms with van der Waals surface area (Å²) in [6.07, 6.45) is 3.11. The summed E-state index contributed by atoms with van der Waals surface area (Å²) in [6, 6.07) is 17.6. The van der Waals surface area contributed by atoms with Gasteiger partial charge in [0.2, 0.25) is 0 Å². The molecule has 0 radical (unpaired) electrons. The second-order valence-electron chi connectivity index (χ2n) is 5.29. The van der Waals surface area contributed by atoms with E-state index in [0.29, 0.717) is 21.4 Å². The number of nitrogens with zero attached hydrogens (tertiary/aromatic N) is 2. The standard InChI is InChI=1S/C19H14Cl2N4O/c20-14-5-1-4-13(10-14)12-23-25-19(26)17-8-3-9-22-18(17)24-16-7-2-6-15(21)11-16/h1-12H,(H,22,24)(H,25,26)/b23-12+. The number of carbonyl (C=O) groups excluding carboxylic acids is 1. The zero-order valence-electron chi connectivity index (χ0n) is 13.5. The summed E-state index contributed by atoms with van der Waals surface area (Å²) in [7, 11) is 0. The van der Waals surface area contributed by atoms with E-state index in [0.717, 1.165) is 11.3 Å². The number of hydrogen-bond donors (Lipinski definition) is 2. The number of pyridine rings is 1. The highest BCUT2D eigenvalue weighted by Crippen LogP contribution is 2.21. The van der Waals surface area contributed by atoms with Crippen LogP contribution in [0.25, 0.3) is 0 Å². The van der Waals surface area contributed by atoms with Crippen LogP contribution in [0.3, 0.4) is 0 Å². The van der Waals surface area contributed by atoms with Crippen LogP contribution in [0.4, 0.5) is 11.5 Å². The molecule has 0 atom stereocenters. The summed E-state index contributed by atoms with van der Waals surface area (Å²) in [6.45, 7) is 0. The van der Waals surface area contributed by atoms with Crippen molar-refractivity contribution >= 4 is 46.8 Å². The molecule has 5 nitrogen and oxygen atoms in total. The van der Waals surface area contributed by atoms with Gasteiger partial charge in [0, 0.05) is 21.9 Å². The third-order valence-corrected chi connectivity index (χ3v) is 3.84. The monoisotopic (exact) mass is 384 g/mol. The molecule has 0 saturated heterocycles. The van der Waals surface area contributed by atoms with Crippen LogP contribution < -0.4 is 10.7 Å². The van der Waals surface area contributed by atoms with Crippen LogP contribution in [0.2, 0.25) is 10.0 Å². The highest BCUT2D eigenvalue weighted by Gasteiger charge is 2.12. The molecule has 0 aliphatic carbocycles. The van der Waals surface area contributed by atoms with Gasteiger partial charge in [-0.15, -0.1) is 0 Å². The van der Waals surface area contributed by atoms with E-state index in [1.165, 1.54) is 6.21 Å². The van der Waals surface area contributed by atoms with Crippen LogP contribution in [0.15, 0.2) is 72.0 Å². The Labute approximate surface area is 160 Å². The number of halogens is 2. The molecule has 0 bridgehead atoms. The van der Waals surface area contributed by atoms with E-state index in [9.17, 15) is 4.79 Å².